The third-order valence-corrected chi connectivity index (χ3v) is 5.66. The second kappa shape index (κ2) is 7.38. The highest BCUT2D eigenvalue weighted by Crippen LogP contribution is 2.27. The molecule has 0 saturated heterocycles. The van der Waals surface area contributed by atoms with Crippen LogP contribution >= 0.6 is 11.8 Å². The van der Waals surface area contributed by atoms with Gasteiger partial charge in [-0.05, 0) is 56.2 Å². The van der Waals surface area contributed by atoms with Gasteiger partial charge in [-0.3, -0.25) is 4.79 Å². The molecule has 128 valence electrons. The number of rotatable bonds is 5. The van der Waals surface area contributed by atoms with Crippen molar-refractivity contribution in [2.24, 2.45) is 5.14 Å². The number of sulfonamides is 1. The van der Waals surface area contributed by atoms with Gasteiger partial charge in [0.2, 0.25) is 15.9 Å². The monoisotopic (exact) mass is 364 g/mol. The number of thioether (sulfide) groups is 1. The maximum Gasteiger partial charge on any atom is 0.238 e. The van der Waals surface area contributed by atoms with E-state index < -0.39 is 10.0 Å². The van der Waals surface area contributed by atoms with Crippen LogP contribution < -0.4 is 10.5 Å². The highest BCUT2D eigenvalue weighted by atomic mass is 32.2. The van der Waals surface area contributed by atoms with E-state index in [4.69, 9.17) is 5.14 Å². The normalized spacial score (nSPS) is 12.7. The van der Waals surface area contributed by atoms with Crippen LogP contribution in [0.5, 0.6) is 0 Å². The number of carbonyl (C=O) groups excluding carboxylic acids is 1. The summed E-state index contributed by atoms with van der Waals surface area (Å²) in [5, 5.41) is 7.67. The van der Waals surface area contributed by atoms with Crippen LogP contribution in [0.25, 0.3) is 0 Å². The minimum absolute atomic E-state index is 0.00994. The lowest BCUT2D eigenvalue weighted by Gasteiger charge is -2.16. The predicted octanol–water partition coefficient (Wildman–Crippen LogP) is 3.07. The van der Waals surface area contributed by atoms with Crippen molar-refractivity contribution in [1.29, 1.82) is 0 Å². The molecule has 5 nitrogen and oxygen atoms in total. The highest BCUT2D eigenvalue weighted by molar-refractivity contribution is 8.00. The van der Waals surface area contributed by atoms with Gasteiger partial charge in [0, 0.05) is 10.6 Å². The standard InChI is InChI=1S/C17H20N2O3S2/c1-11-9-15(24(18,21)22)10-16(12(11)2)19-17(20)13(3)23-14-7-5-4-6-8-14/h4-10,13H,1-3H3,(H,19,20)(H2,18,21,22)/t13-/m0/s1. The molecule has 0 fully saturated rings. The summed E-state index contributed by atoms with van der Waals surface area (Å²) < 4.78 is 23.1. The van der Waals surface area contributed by atoms with E-state index in [1.807, 2.05) is 37.3 Å². The lowest BCUT2D eigenvalue weighted by Crippen LogP contribution is -2.23. The van der Waals surface area contributed by atoms with Gasteiger partial charge in [0.25, 0.3) is 0 Å². The minimum atomic E-state index is -3.83. The molecular formula is C17H20N2O3S2. The maximum absolute atomic E-state index is 12.4. The molecule has 3 N–H and O–H groups in total. The van der Waals surface area contributed by atoms with Crippen LogP contribution in [0.3, 0.4) is 0 Å². The van der Waals surface area contributed by atoms with Crippen LogP contribution in [-0.2, 0) is 14.8 Å². The summed E-state index contributed by atoms with van der Waals surface area (Å²) in [6.07, 6.45) is 0. The fourth-order valence-corrected chi connectivity index (χ4v) is 3.62. The average molecular weight is 364 g/mol. The van der Waals surface area contributed by atoms with Crippen molar-refractivity contribution in [3.8, 4) is 0 Å². The van der Waals surface area contributed by atoms with E-state index in [0.717, 1.165) is 16.0 Å². The van der Waals surface area contributed by atoms with E-state index in [0.29, 0.717) is 5.69 Å². The van der Waals surface area contributed by atoms with Crippen molar-refractivity contribution < 1.29 is 13.2 Å². The van der Waals surface area contributed by atoms with Gasteiger partial charge in [-0.15, -0.1) is 11.8 Å². The molecule has 2 aromatic carbocycles. The molecule has 24 heavy (non-hydrogen) atoms. The smallest absolute Gasteiger partial charge is 0.238 e. The van der Waals surface area contributed by atoms with E-state index in [2.05, 4.69) is 5.32 Å². The fraction of sp³-hybridized carbons (Fsp3) is 0.235. The van der Waals surface area contributed by atoms with Gasteiger partial charge in [0.05, 0.1) is 10.1 Å². The topological polar surface area (TPSA) is 89.3 Å². The quantitative estimate of drug-likeness (QED) is 0.798. The number of hydrogen-bond donors (Lipinski definition) is 2. The summed E-state index contributed by atoms with van der Waals surface area (Å²) in [7, 11) is -3.83. The molecule has 2 aromatic rings. The zero-order valence-electron chi connectivity index (χ0n) is 13.7. The Morgan fingerprint density at radius 3 is 2.38 bits per heavy atom. The van der Waals surface area contributed by atoms with E-state index in [-0.39, 0.29) is 16.1 Å². The van der Waals surface area contributed by atoms with Crippen molar-refractivity contribution in [3.05, 3.63) is 53.6 Å². The van der Waals surface area contributed by atoms with Gasteiger partial charge in [-0.25, -0.2) is 13.6 Å². The average Bonchev–Trinajstić information content (AvgIpc) is 2.51. The van der Waals surface area contributed by atoms with Gasteiger partial charge >= 0.3 is 0 Å². The number of nitrogens with two attached hydrogens (primary N) is 1. The molecule has 2 rings (SSSR count). The molecule has 0 bridgehead atoms. The largest absolute Gasteiger partial charge is 0.325 e. The Bertz CT molecular complexity index is 850. The maximum atomic E-state index is 12.4. The third kappa shape index (κ3) is 4.59. The number of carbonyl (C=O) groups is 1. The zero-order valence-corrected chi connectivity index (χ0v) is 15.4. The van der Waals surface area contributed by atoms with Crippen molar-refractivity contribution in [2.45, 2.75) is 35.8 Å². The number of anilines is 1. The molecule has 1 atom stereocenters. The molecule has 0 spiro atoms. The third-order valence-electron chi connectivity index (χ3n) is 3.65. The van der Waals surface area contributed by atoms with Gasteiger partial charge < -0.3 is 5.32 Å². The van der Waals surface area contributed by atoms with Crippen LogP contribution in [0.15, 0.2) is 52.3 Å². The lowest BCUT2D eigenvalue weighted by atomic mass is 10.1. The summed E-state index contributed by atoms with van der Waals surface area (Å²) in [4.78, 5) is 13.4. The first-order valence-electron chi connectivity index (χ1n) is 7.35. The van der Waals surface area contributed by atoms with Crippen molar-refractivity contribution in [3.63, 3.8) is 0 Å². The molecular weight excluding hydrogens is 344 g/mol. The number of aryl methyl sites for hydroxylation is 1. The van der Waals surface area contributed by atoms with Crippen LogP contribution in [0.2, 0.25) is 0 Å². The van der Waals surface area contributed by atoms with E-state index in [1.54, 1.807) is 13.8 Å². The molecule has 0 saturated carbocycles. The summed E-state index contributed by atoms with van der Waals surface area (Å²) in [5.74, 6) is -0.196. The molecule has 0 aliphatic carbocycles. The van der Waals surface area contributed by atoms with Gasteiger partial charge in [0.15, 0.2) is 0 Å². The Balaban J connectivity index is 2.21. The van der Waals surface area contributed by atoms with E-state index in [1.165, 1.54) is 23.9 Å². The SMILES string of the molecule is Cc1cc(S(N)(=O)=O)cc(NC(=O)[C@H](C)Sc2ccccc2)c1C. The summed E-state index contributed by atoms with van der Waals surface area (Å²) >= 11 is 1.44. The first kappa shape index (κ1) is 18.5. The molecule has 0 heterocycles. The van der Waals surface area contributed by atoms with Crippen LogP contribution in [0, 0.1) is 13.8 Å². The molecule has 0 aliphatic rings. The number of amides is 1. The van der Waals surface area contributed by atoms with Gasteiger partial charge in [-0.2, -0.15) is 0 Å². The summed E-state index contributed by atoms with van der Waals surface area (Å²) in [5.41, 5.74) is 2.03. The highest BCUT2D eigenvalue weighted by Gasteiger charge is 2.18. The molecule has 0 radical (unpaired) electrons. The molecule has 0 unspecified atom stereocenters. The molecule has 7 heteroatoms. The van der Waals surface area contributed by atoms with Crippen molar-refractivity contribution in [1.82, 2.24) is 0 Å². The second-order valence-electron chi connectivity index (χ2n) is 5.52. The van der Waals surface area contributed by atoms with Crippen molar-refractivity contribution >= 4 is 33.4 Å². The Labute approximate surface area is 146 Å². The Hall–Kier alpha value is -1.83. The number of primary sulfonamides is 1. The number of hydrogen-bond acceptors (Lipinski definition) is 4. The fourth-order valence-electron chi connectivity index (χ4n) is 2.11. The first-order valence-corrected chi connectivity index (χ1v) is 9.77. The molecule has 1 amide bonds. The molecule has 0 aromatic heterocycles. The Kier molecular flexibility index (Phi) is 5.69. The Morgan fingerprint density at radius 2 is 1.79 bits per heavy atom. The minimum Gasteiger partial charge on any atom is -0.325 e. The summed E-state index contributed by atoms with van der Waals surface area (Å²) in [6.45, 7) is 5.41. The zero-order chi connectivity index (χ0) is 17.9. The number of benzene rings is 2. The van der Waals surface area contributed by atoms with Gasteiger partial charge in [-0.1, -0.05) is 18.2 Å². The van der Waals surface area contributed by atoms with E-state index >= 15 is 0 Å². The lowest BCUT2D eigenvalue weighted by molar-refractivity contribution is -0.115. The van der Waals surface area contributed by atoms with Crippen LogP contribution in [0.4, 0.5) is 5.69 Å². The molecule has 0 aliphatic heterocycles. The second-order valence-corrected chi connectivity index (χ2v) is 8.50. The summed E-state index contributed by atoms with van der Waals surface area (Å²) in [6, 6.07) is 12.5. The van der Waals surface area contributed by atoms with Crippen LogP contribution in [0.1, 0.15) is 18.1 Å². The first-order chi connectivity index (χ1) is 11.2. The van der Waals surface area contributed by atoms with Crippen molar-refractivity contribution in [2.75, 3.05) is 5.32 Å². The number of nitrogens with one attached hydrogen (secondary N) is 1. The van der Waals surface area contributed by atoms with Crippen LogP contribution in [-0.4, -0.2) is 19.6 Å². The Morgan fingerprint density at radius 1 is 1.17 bits per heavy atom. The van der Waals surface area contributed by atoms with Gasteiger partial charge in [0.1, 0.15) is 0 Å². The van der Waals surface area contributed by atoms with E-state index in [9.17, 15) is 13.2 Å². The predicted molar refractivity (Wildman–Crippen MR) is 97.7 cm³/mol.